The van der Waals surface area contributed by atoms with Gasteiger partial charge in [-0.15, -0.1) is 0 Å². The Kier molecular flexibility index (Phi) is 4.65. The van der Waals surface area contributed by atoms with E-state index in [2.05, 4.69) is 17.9 Å². The second-order valence-corrected chi connectivity index (χ2v) is 6.68. The number of rotatable bonds is 4. The number of nitrogens with zero attached hydrogens (tertiary/aromatic N) is 2. The molecule has 3 aromatic rings. The van der Waals surface area contributed by atoms with Crippen LogP contribution < -0.4 is 9.72 Å². The second kappa shape index (κ2) is 7.09. The standard InChI is InChI=1S/C19H18FN3O2S/c20-13-6-8-14(9-7-13)23-16-5-1-2-10-22(16)17(19(23)26)18(24)21-12-15-4-3-11-25-15/h1-2,5-10,15H,3-4,11-12H2,(H-,21,24,26)/p+1. The summed E-state index contributed by atoms with van der Waals surface area (Å²) in [5.41, 5.74) is 1.94. The number of thiol groups is 1. The van der Waals surface area contributed by atoms with Gasteiger partial charge in [0, 0.05) is 19.2 Å². The molecule has 1 aliphatic rings. The zero-order valence-corrected chi connectivity index (χ0v) is 15.0. The lowest BCUT2D eigenvalue weighted by molar-refractivity contribution is -0.514. The third kappa shape index (κ3) is 3.08. The Balaban J connectivity index is 1.73. The number of hydrogen-bond donors (Lipinski definition) is 2. The van der Waals surface area contributed by atoms with Crippen molar-refractivity contribution >= 4 is 24.2 Å². The van der Waals surface area contributed by atoms with Crippen molar-refractivity contribution in [3.8, 4) is 5.69 Å². The molecule has 0 saturated carbocycles. The highest BCUT2D eigenvalue weighted by molar-refractivity contribution is 7.80. The highest BCUT2D eigenvalue weighted by atomic mass is 32.1. The molecule has 1 atom stereocenters. The van der Waals surface area contributed by atoms with E-state index >= 15 is 0 Å². The van der Waals surface area contributed by atoms with Crippen LogP contribution >= 0.6 is 12.6 Å². The second-order valence-electron chi connectivity index (χ2n) is 6.26. The number of imidazole rings is 1. The van der Waals surface area contributed by atoms with Crippen LogP contribution in [0.25, 0.3) is 11.3 Å². The molecular weight excluding hydrogens is 353 g/mol. The molecule has 0 spiro atoms. The lowest BCUT2D eigenvalue weighted by Crippen LogP contribution is -2.38. The fourth-order valence-electron chi connectivity index (χ4n) is 3.28. The first-order valence-corrected chi connectivity index (χ1v) is 8.99. The highest BCUT2D eigenvalue weighted by Crippen LogP contribution is 2.22. The quantitative estimate of drug-likeness (QED) is 0.546. The first kappa shape index (κ1) is 17.1. The van der Waals surface area contributed by atoms with Crippen LogP contribution in [-0.4, -0.2) is 29.7 Å². The normalized spacial score (nSPS) is 16.9. The molecule has 1 aliphatic heterocycles. The van der Waals surface area contributed by atoms with Gasteiger partial charge in [0.15, 0.2) is 0 Å². The van der Waals surface area contributed by atoms with Crippen molar-refractivity contribution in [2.45, 2.75) is 24.0 Å². The van der Waals surface area contributed by atoms with Gasteiger partial charge in [-0.25, -0.2) is 4.39 Å². The van der Waals surface area contributed by atoms with Crippen LogP contribution in [0.4, 0.5) is 4.39 Å². The summed E-state index contributed by atoms with van der Waals surface area (Å²) >= 11 is 4.61. The molecule has 134 valence electrons. The van der Waals surface area contributed by atoms with Gasteiger partial charge in [-0.05, 0) is 43.2 Å². The zero-order valence-electron chi connectivity index (χ0n) is 14.1. The number of carbonyl (C=O) groups is 1. The van der Waals surface area contributed by atoms with Gasteiger partial charge in [0.1, 0.15) is 11.5 Å². The number of nitrogens with one attached hydrogen (secondary N) is 1. The van der Waals surface area contributed by atoms with E-state index in [4.69, 9.17) is 4.74 Å². The van der Waals surface area contributed by atoms with E-state index in [-0.39, 0.29) is 17.8 Å². The zero-order chi connectivity index (χ0) is 18.1. The molecule has 1 fully saturated rings. The Morgan fingerprint density at radius 2 is 2.12 bits per heavy atom. The number of ether oxygens (including phenoxy) is 1. The fraction of sp³-hybridized carbons (Fsp3) is 0.263. The van der Waals surface area contributed by atoms with E-state index < -0.39 is 0 Å². The van der Waals surface area contributed by atoms with Gasteiger partial charge in [0.25, 0.3) is 17.2 Å². The molecular formula is C19H19FN3O2S+. The fourth-order valence-corrected chi connectivity index (χ4v) is 3.71. The molecule has 7 heteroatoms. The van der Waals surface area contributed by atoms with Crippen LogP contribution in [0.5, 0.6) is 0 Å². The van der Waals surface area contributed by atoms with E-state index in [1.165, 1.54) is 12.1 Å². The number of amides is 1. The van der Waals surface area contributed by atoms with Gasteiger partial charge < -0.3 is 10.1 Å². The maximum atomic E-state index is 13.3. The van der Waals surface area contributed by atoms with Crippen molar-refractivity contribution in [3.05, 3.63) is 60.2 Å². The monoisotopic (exact) mass is 372 g/mol. The van der Waals surface area contributed by atoms with E-state index in [0.29, 0.717) is 17.3 Å². The van der Waals surface area contributed by atoms with Crippen LogP contribution in [0.2, 0.25) is 0 Å². The lowest BCUT2D eigenvalue weighted by Gasteiger charge is -2.09. The number of aromatic nitrogens is 2. The Bertz CT molecular complexity index is 949. The maximum Gasteiger partial charge on any atom is 0.296 e. The molecule has 0 bridgehead atoms. The molecule has 26 heavy (non-hydrogen) atoms. The van der Waals surface area contributed by atoms with Crippen molar-refractivity contribution in [1.29, 1.82) is 0 Å². The van der Waals surface area contributed by atoms with E-state index in [1.807, 2.05) is 29.0 Å². The first-order chi connectivity index (χ1) is 12.6. The number of hydrogen-bond acceptors (Lipinski definition) is 3. The first-order valence-electron chi connectivity index (χ1n) is 8.55. The Labute approximate surface area is 155 Å². The molecule has 2 aromatic heterocycles. The van der Waals surface area contributed by atoms with Gasteiger partial charge >= 0.3 is 0 Å². The molecule has 5 nitrogen and oxygen atoms in total. The maximum absolute atomic E-state index is 13.3. The third-order valence-corrected chi connectivity index (χ3v) is 4.96. The summed E-state index contributed by atoms with van der Waals surface area (Å²) in [6, 6.07) is 11.7. The minimum absolute atomic E-state index is 0.0674. The number of pyridine rings is 1. The summed E-state index contributed by atoms with van der Waals surface area (Å²) < 4.78 is 22.5. The van der Waals surface area contributed by atoms with Gasteiger partial charge in [-0.1, -0.05) is 18.7 Å². The SMILES string of the molecule is O=C(NCC1CCCO1)c1c(S)n(-c2ccc(F)cc2)c2cccc[n+]12. The topological polar surface area (TPSA) is 47.4 Å². The number of benzene rings is 1. The van der Waals surface area contributed by atoms with Crippen molar-refractivity contribution in [2.75, 3.05) is 13.2 Å². The minimum Gasteiger partial charge on any atom is -0.376 e. The Morgan fingerprint density at radius 3 is 2.85 bits per heavy atom. The van der Waals surface area contributed by atoms with Crippen LogP contribution in [0.15, 0.2) is 53.7 Å². The predicted molar refractivity (Wildman–Crippen MR) is 97.4 cm³/mol. The van der Waals surface area contributed by atoms with Gasteiger partial charge in [0.2, 0.25) is 5.03 Å². The molecule has 1 N–H and O–H groups in total. The van der Waals surface area contributed by atoms with Crippen molar-refractivity contribution in [3.63, 3.8) is 0 Å². The number of carbonyl (C=O) groups excluding carboxylic acids is 1. The van der Waals surface area contributed by atoms with Crippen LogP contribution in [-0.2, 0) is 4.74 Å². The smallest absolute Gasteiger partial charge is 0.296 e. The van der Waals surface area contributed by atoms with E-state index in [1.54, 1.807) is 16.5 Å². The third-order valence-electron chi connectivity index (χ3n) is 4.55. The average Bonchev–Trinajstić information content (AvgIpc) is 3.26. The van der Waals surface area contributed by atoms with Gasteiger partial charge in [-0.2, -0.15) is 8.97 Å². The molecule has 0 aliphatic carbocycles. The molecule has 1 unspecified atom stereocenters. The minimum atomic E-state index is -0.312. The highest BCUT2D eigenvalue weighted by Gasteiger charge is 2.30. The largest absolute Gasteiger partial charge is 0.376 e. The van der Waals surface area contributed by atoms with Crippen molar-refractivity contribution in [2.24, 2.45) is 0 Å². The summed E-state index contributed by atoms with van der Waals surface area (Å²) in [6.07, 6.45) is 3.86. The predicted octanol–water partition coefficient (Wildman–Crippen LogP) is 2.55. The van der Waals surface area contributed by atoms with E-state index in [0.717, 1.165) is 30.8 Å². The molecule has 1 saturated heterocycles. The summed E-state index contributed by atoms with van der Waals surface area (Å²) in [5.74, 6) is -0.527. The molecule has 3 heterocycles. The summed E-state index contributed by atoms with van der Waals surface area (Å²) in [4.78, 5) is 12.8. The van der Waals surface area contributed by atoms with E-state index in [9.17, 15) is 9.18 Å². The van der Waals surface area contributed by atoms with Crippen LogP contribution in [0.3, 0.4) is 0 Å². The van der Waals surface area contributed by atoms with Crippen LogP contribution in [0.1, 0.15) is 23.3 Å². The van der Waals surface area contributed by atoms with Crippen molar-refractivity contribution in [1.82, 2.24) is 9.88 Å². The number of halogens is 1. The lowest BCUT2D eigenvalue weighted by atomic mass is 10.2. The Hall–Kier alpha value is -2.38. The van der Waals surface area contributed by atoms with Gasteiger partial charge in [0.05, 0.1) is 12.3 Å². The molecule has 1 aromatic carbocycles. The van der Waals surface area contributed by atoms with Crippen LogP contribution in [0, 0.1) is 5.82 Å². The summed E-state index contributed by atoms with van der Waals surface area (Å²) in [5, 5.41) is 3.43. The Morgan fingerprint density at radius 1 is 1.31 bits per heavy atom. The number of fused-ring (bicyclic) bond motifs is 1. The van der Waals surface area contributed by atoms with Crippen molar-refractivity contribution < 1.29 is 18.3 Å². The molecule has 0 radical (unpaired) electrons. The summed E-state index contributed by atoms with van der Waals surface area (Å²) in [7, 11) is 0. The van der Waals surface area contributed by atoms with Gasteiger partial charge in [-0.3, -0.25) is 4.79 Å². The molecule has 1 amide bonds. The summed E-state index contributed by atoms with van der Waals surface area (Å²) in [6.45, 7) is 1.22. The average molecular weight is 372 g/mol. The molecule has 4 rings (SSSR count).